The quantitative estimate of drug-likeness (QED) is 0.944. The van der Waals surface area contributed by atoms with Gasteiger partial charge in [0.1, 0.15) is 5.82 Å². The van der Waals surface area contributed by atoms with Gasteiger partial charge >= 0.3 is 0 Å². The molecule has 1 aliphatic heterocycles. The van der Waals surface area contributed by atoms with Gasteiger partial charge in [-0.25, -0.2) is 4.98 Å². The number of benzene rings is 1. The summed E-state index contributed by atoms with van der Waals surface area (Å²) in [7, 11) is 2.07. The first-order chi connectivity index (χ1) is 9.74. The van der Waals surface area contributed by atoms with E-state index < -0.39 is 0 Å². The fourth-order valence-electron chi connectivity index (χ4n) is 2.82. The lowest BCUT2D eigenvalue weighted by molar-refractivity contribution is 0.145. The Bertz CT molecular complexity index is 564. The topological polar surface area (TPSA) is 33.1 Å². The summed E-state index contributed by atoms with van der Waals surface area (Å²) in [6, 6.07) is 9.19. The molecule has 1 unspecified atom stereocenters. The number of nitrogens with zero attached hydrogens (tertiary/aromatic N) is 3. The third kappa shape index (κ3) is 3.64. The monoisotopic (exact) mass is 306 g/mol. The van der Waals surface area contributed by atoms with Crippen LogP contribution in [-0.4, -0.2) is 34.1 Å². The lowest BCUT2D eigenvalue weighted by atomic mass is 10.1. The third-order valence-corrected chi connectivity index (χ3v) is 4.02. The Morgan fingerprint density at radius 3 is 2.71 bits per heavy atom. The van der Waals surface area contributed by atoms with Gasteiger partial charge < -0.3 is 9.88 Å². The van der Waals surface area contributed by atoms with E-state index in [1.165, 1.54) is 11.1 Å². The molecule has 0 bridgehead atoms. The van der Waals surface area contributed by atoms with E-state index in [-0.39, 0.29) is 12.4 Å². The van der Waals surface area contributed by atoms with E-state index in [0.29, 0.717) is 6.04 Å². The molecule has 2 heterocycles. The molecule has 1 aromatic heterocycles. The number of rotatable bonds is 3. The van der Waals surface area contributed by atoms with Crippen molar-refractivity contribution < 1.29 is 0 Å². The number of aromatic nitrogens is 2. The highest BCUT2D eigenvalue weighted by Crippen LogP contribution is 2.22. The summed E-state index contributed by atoms with van der Waals surface area (Å²) in [5.74, 6) is 1.14. The van der Waals surface area contributed by atoms with E-state index in [1.54, 1.807) is 0 Å². The zero-order valence-electron chi connectivity index (χ0n) is 12.6. The molecule has 0 aliphatic carbocycles. The molecule has 0 amide bonds. The fourth-order valence-corrected chi connectivity index (χ4v) is 2.82. The molecule has 0 saturated carbocycles. The van der Waals surface area contributed by atoms with Crippen molar-refractivity contribution in [2.45, 2.75) is 19.5 Å². The van der Waals surface area contributed by atoms with Crippen LogP contribution in [0.1, 0.15) is 23.0 Å². The van der Waals surface area contributed by atoms with Crippen LogP contribution in [0.25, 0.3) is 0 Å². The lowest BCUT2D eigenvalue weighted by Crippen LogP contribution is -2.46. The van der Waals surface area contributed by atoms with Crippen LogP contribution < -0.4 is 5.32 Å². The van der Waals surface area contributed by atoms with Crippen LogP contribution in [-0.2, 0) is 13.6 Å². The predicted octanol–water partition coefficient (Wildman–Crippen LogP) is 2.30. The van der Waals surface area contributed by atoms with Gasteiger partial charge in [-0.3, -0.25) is 4.90 Å². The first-order valence-corrected chi connectivity index (χ1v) is 7.21. The van der Waals surface area contributed by atoms with Gasteiger partial charge in [-0.15, -0.1) is 12.4 Å². The highest BCUT2D eigenvalue weighted by Gasteiger charge is 2.26. The highest BCUT2D eigenvalue weighted by molar-refractivity contribution is 5.85. The SMILES string of the molecule is Cc1ccc(CN2CCNCC2c2nccn2C)cc1.Cl. The molecule has 1 saturated heterocycles. The molecule has 1 atom stereocenters. The van der Waals surface area contributed by atoms with Crippen molar-refractivity contribution in [1.29, 1.82) is 0 Å². The molecule has 4 nitrogen and oxygen atoms in total. The van der Waals surface area contributed by atoms with E-state index >= 15 is 0 Å². The van der Waals surface area contributed by atoms with E-state index in [4.69, 9.17) is 0 Å². The molecule has 0 radical (unpaired) electrons. The van der Waals surface area contributed by atoms with Gasteiger partial charge in [0.25, 0.3) is 0 Å². The normalized spacial score (nSPS) is 19.2. The van der Waals surface area contributed by atoms with Gasteiger partial charge in [0.15, 0.2) is 0 Å². The number of imidazole rings is 1. The second-order valence-electron chi connectivity index (χ2n) is 5.57. The molecular weight excluding hydrogens is 284 g/mol. The van der Waals surface area contributed by atoms with Crippen molar-refractivity contribution in [2.24, 2.45) is 7.05 Å². The Hall–Kier alpha value is -1.36. The standard InChI is InChI=1S/C16H22N4.ClH/c1-13-3-5-14(6-4-13)12-20-10-7-17-11-15(20)16-18-8-9-19(16)2;/h3-6,8-9,15,17H,7,10-12H2,1-2H3;1H. The molecule has 0 spiro atoms. The molecule has 1 aliphatic rings. The zero-order chi connectivity index (χ0) is 13.9. The number of hydrogen-bond acceptors (Lipinski definition) is 3. The Balaban J connectivity index is 0.00000161. The maximum Gasteiger partial charge on any atom is 0.127 e. The molecule has 2 aromatic rings. The Morgan fingerprint density at radius 1 is 1.29 bits per heavy atom. The van der Waals surface area contributed by atoms with Gasteiger partial charge in [0, 0.05) is 45.6 Å². The van der Waals surface area contributed by atoms with Crippen LogP contribution in [0.2, 0.25) is 0 Å². The van der Waals surface area contributed by atoms with Crippen molar-refractivity contribution in [1.82, 2.24) is 19.8 Å². The summed E-state index contributed by atoms with van der Waals surface area (Å²) in [4.78, 5) is 7.04. The molecule has 1 aromatic carbocycles. The van der Waals surface area contributed by atoms with Crippen molar-refractivity contribution in [3.8, 4) is 0 Å². The van der Waals surface area contributed by atoms with Gasteiger partial charge in [0.2, 0.25) is 0 Å². The lowest BCUT2D eigenvalue weighted by Gasteiger charge is -2.35. The van der Waals surface area contributed by atoms with Crippen LogP contribution >= 0.6 is 12.4 Å². The van der Waals surface area contributed by atoms with Gasteiger partial charge in [-0.1, -0.05) is 29.8 Å². The Labute approximate surface area is 132 Å². The van der Waals surface area contributed by atoms with Crippen LogP contribution in [0.4, 0.5) is 0 Å². The third-order valence-electron chi connectivity index (χ3n) is 4.02. The van der Waals surface area contributed by atoms with E-state index in [0.717, 1.165) is 32.0 Å². The Morgan fingerprint density at radius 2 is 2.05 bits per heavy atom. The van der Waals surface area contributed by atoms with E-state index in [9.17, 15) is 0 Å². The zero-order valence-corrected chi connectivity index (χ0v) is 13.4. The molecular formula is C16H23ClN4. The second-order valence-corrected chi connectivity index (χ2v) is 5.57. The van der Waals surface area contributed by atoms with Crippen LogP contribution in [0.5, 0.6) is 0 Å². The molecule has 21 heavy (non-hydrogen) atoms. The first-order valence-electron chi connectivity index (χ1n) is 7.21. The number of halogens is 1. The minimum absolute atomic E-state index is 0. The second kappa shape index (κ2) is 7.07. The van der Waals surface area contributed by atoms with Gasteiger partial charge in [-0.2, -0.15) is 0 Å². The molecule has 114 valence electrons. The molecule has 1 fully saturated rings. The Kier molecular flexibility index (Phi) is 5.39. The first kappa shape index (κ1) is 16.0. The number of hydrogen-bond donors (Lipinski definition) is 1. The summed E-state index contributed by atoms with van der Waals surface area (Å²) >= 11 is 0. The molecule has 3 rings (SSSR count). The number of piperazine rings is 1. The minimum atomic E-state index is 0. The summed E-state index contributed by atoms with van der Waals surface area (Å²) < 4.78 is 2.12. The minimum Gasteiger partial charge on any atom is -0.337 e. The summed E-state index contributed by atoms with van der Waals surface area (Å²) in [6.07, 6.45) is 3.90. The van der Waals surface area contributed by atoms with Gasteiger partial charge in [-0.05, 0) is 12.5 Å². The average Bonchev–Trinajstić information content (AvgIpc) is 2.88. The van der Waals surface area contributed by atoms with Crippen molar-refractivity contribution in [3.63, 3.8) is 0 Å². The van der Waals surface area contributed by atoms with E-state index in [2.05, 4.69) is 58.0 Å². The largest absolute Gasteiger partial charge is 0.337 e. The maximum atomic E-state index is 4.53. The van der Waals surface area contributed by atoms with E-state index in [1.807, 2.05) is 12.4 Å². The summed E-state index contributed by atoms with van der Waals surface area (Å²) in [6.45, 7) is 6.19. The maximum absolute atomic E-state index is 4.53. The highest BCUT2D eigenvalue weighted by atomic mass is 35.5. The van der Waals surface area contributed by atoms with Crippen molar-refractivity contribution >= 4 is 12.4 Å². The number of aryl methyl sites for hydroxylation is 2. The van der Waals surface area contributed by atoms with Crippen molar-refractivity contribution in [3.05, 3.63) is 53.6 Å². The van der Waals surface area contributed by atoms with Crippen LogP contribution in [0.15, 0.2) is 36.7 Å². The van der Waals surface area contributed by atoms with Crippen LogP contribution in [0, 0.1) is 6.92 Å². The molecule has 5 heteroatoms. The fraction of sp³-hybridized carbons (Fsp3) is 0.438. The molecule has 1 N–H and O–H groups in total. The van der Waals surface area contributed by atoms with Gasteiger partial charge in [0.05, 0.1) is 6.04 Å². The van der Waals surface area contributed by atoms with Crippen LogP contribution in [0.3, 0.4) is 0 Å². The summed E-state index contributed by atoms with van der Waals surface area (Å²) in [5, 5.41) is 3.48. The smallest absolute Gasteiger partial charge is 0.127 e. The van der Waals surface area contributed by atoms with Crippen molar-refractivity contribution in [2.75, 3.05) is 19.6 Å². The number of nitrogens with one attached hydrogen (secondary N) is 1. The predicted molar refractivity (Wildman–Crippen MR) is 87.7 cm³/mol. The summed E-state index contributed by atoms with van der Waals surface area (Å²) in [5.41, 5.74) is 2.69. The average molecular weight is 307 g/mol.